The molecule has 2 fully saturated rings. The van der Waals surface area contributed by atoms with Crippen LogP contribution in [0.1, 0.15) is 18.4 Å². The lowest BCUT2D eigenvalue weighted by molar-refractivity contribution is -0.384. The van der Waals surface area contributed by atoms with Crippen LogP contribution in [0.5, 0.6) is 5.75 Å². The lowest BCUT2D eigenvalue weighted by Gasteiger charge is -2.37. The lowest BCUT2D eigenvalue weighted by Crippen LogP contribution is -2.38. The third-order valence-corrected chi connectivity index (χ3v) is 5.27. The molecule has 4 unspecified atom stereocenters. The Morgan fingerprint density at radius 1 is 1.16 bits per heavy atom. The van der Waals surface area contributed by atoms with E-state index in [4.69, 9.17) is 0 Å². The Morgan fingerprint density at radius 3 is 2.28 bits per heavy atom. The molecule has 1 aromatic rings. The number of allylic oxidation sites excluding steroid dienone is 2. The number of carbonyl (C=O) groups is 2. The molecule has 8 heteroatoms. The maximum atomic E-state index is 12.6. The fraction of sp³-hybridized carbons (Fsp3) is 0.353. The summed E-state index contributed by atoms with van der Waals surface area (Å²) in [6, 6.07) is 3.48. The first kappa shape index (κ1) is 15.5. The number of phenols is 1. The van der Waals surface area contributed by atoms with E-state index in [1.165, 1.54) is 6.07 Å². The maximum Gasteiger partial charge on any atom is 0.270 e. The highest BCUT2D eigenvalue weighted by Gasteiger charge is 2.56. The lowest BCUT2D eigenvalue weighted by atomic mass is 9.63. The van der Waals surface area contributed by atoms with Gasteiger partial charge < -0.3 is 5.11 Å². The number of nitro groups is 1. The van der Waals surface area contributed by atoms with Crippen LogP contribution in [-0.4, -0.2) is 33.1 Å². The summed E-state index contributed by atoms with van der Waals surface area (Å²) in [5.41, 5.74) is -0.139. The number of hydrogen-bond acceptors (Lipinski definition) is 6. The molecule has 4 atom stereocenters. The minimum absolute atomic E-state index is 0.0675. The minimum Gasteiger partial charge on any atom is -0.507 e. The van der Waals surface area contributed by atoms with E-state index in [1.807, 2.05) is 12.2 Å². The van der Waals surface area contributed by atoms with Gasteiger partial charge in [0.1, 0.15) is 5.75 Å². The zero-order valence-corrected chi connectivity index (χ0v) is 13.1. The van der Waals surface area contributed by atoms with Crippen LogP contribution in [0.15, 0.2) is 35.5 Å². The molecule has 1 saturated heterocycles. The predicted molar refractivity (Wildman–Crippen MR) is 86.5 cm³/mol. The number of nitro benzene ring substituents is 1. The Bertz CT molecular complexity index is 815. The Morgan fingerprint density at radius 2 is 1.76 bits per heavy atom. The number of imide groups is 1. The number of rotatable bonds is 3. The van der Waals surface area contributed by atoms with E-state index in [9.17, 15) is 24.8 Å². The van der Waals surface area contributed by atoms with Crippen molar-refractivity contribution < 1.29 is 19.6 Å². The zero-order chi connectivity index (χ0) is 17.7. The van der Waals surface area contributed by atoms with E-state index in [1.54, 1.807) is 0 Å². The fourth-order valence-electron chi connectivity index (χ4n) is 4.05. The summed E-state index contributed by atoms with van der Waals surface area (Å²) >= 11 is 0. The van der Waals surface area contributed by atoms with Gasteiger partial charge in [-0.15, -0.1) is 0 Å². The number of benzene rings is 1. The summed E-state index contributed by atoms with van der Waals surface area (Å²) < 4.78 is 0. The highest BCUT2D eigenvalue weighted by atomic mass is 16.6. The maximum absolute atomic E-state index is 12.6. The number of carbonyl (C=O) groups excluding carboxylic acids is 2. The van der Waals surface area contributed by atoms with Crippen molar-refractivity contribution in [3.63, 3.8) is 0 Å². The highest BCUT2D eigenvalue weighted by Crippen LogP contribution is 2.49. The first-order valence-electron chi connectivity index (χ1n) is 8.05. The molecule has 5 rings (SSSR count). The van der Waals surface area contributed by atoms with Crippen LogP contribution in [0.4, 0.5) is 5.69 Å². The van der Waals surface area contributed by atoms with Gasteiger partial charge in [0.25, 0.3) is 17.5 Å². The van der Waals surface area contributed by atoms with Gasteiger partial charge in [0.2, 0.25) is 0 Å². The zero-order valence-electron chi connectivity index (χ0n) is 13.1. The number of hydrogen-bond donors (Lipinski definition) is 1. The summed E-state index contributed by atoms with van der Waals surface area (Å²) in [5.74, 6) is -1.49. The van der Waals surface area contributed by atoms with E-state index < -0.39 is 4.92 Å². The van der Waals surface area contributed by atoms with Gasteiger partial charge in [0, 0.05) is 17.7 Å². The SMILES string of the molecule is O=C1C2C3C=CC(CC3)C2C(=O)N1N=Cc1cc([N+](=O)[O-])ccc1O. The second-order valence-electron chi connectivity index (χ2n) is 6.57. The van der Waals surface area contributed by atoms with Crippen molar-refractivity contribution in [1.82, 2.24) is 5.01 Å². The van der Waals surface area contributed by atoms with Crippen molar-refractivity contribution in [1.29, 1.82) is 0 Å². The summed E-state index contributed by atoms with van der Waals surface area (Å²) in [4.78, 5) is 35.5. The normalized spacial score (nSPS) is 30.3. The standard InChI is InChI=1S/C17H15N3O5/c21-13-6-5-12(20(24)25)7-11(13)8-18-19-16(22)14-9-1-2-10(4-3-9)15(14)17(19)23/h1-2,5-10,14-15,21H,3-4H2. The van der Waals surface area contributed by atoms with Gasteiger partial charge in [-0.25, -0.2) is 0 Å². The molecule has 2 amide bonds. The van der Waals surface area contributed by atoms with Crippen LogP contribution in [0.25, 0.3) is 0 Å². The second-order valence-corrected chi connectivity index (χ2v) is 6.57. The Hall–Kier alpha value is -3.03. The van der Waals surface area contributed by atoms with Crippen LogP contribution in [0.2, 0.25) is 0 Å². The first-order valence-corrected chi connectivity index (χ1v) is 8.05. The van der Waals surface area contributed by atoms with Gasteiger partial charge >= 0.3 is 0 Å². The smallest absolute Gasteiger partial charge is 0.270 e. The largest absolute Gasteiger partial charge is 0.507 e. The van der Waals surface area contributed by atoms with Crippen molar-refractivity contribution in [3.05, 3.63) is 46.0 Å². The van der Waals surface area contributed by atoms with Crippen molar-refractivity contribution >= 4 is 23.7 Å². The molecular formula is C17H15N3O5. The molecule has 25 heavy (non-hydrogen) atoms. The van der Waals surface area contributed by atoms with Crippen molar-refractivity contribution in [2.24, 2.45) is 28.8 Å². The summed E-state index contributed by atoms with van der Waals surface area (Å²) in [7, 11) is 0. The number of hydrazone groups is 1. The molecule has 8 nitrogen and oxygen atoms in total. The quantitative estimate of drug-likeness (QED) is 0.296. The average molecular weight is 341 g/mol. The van der Waals surface area contributed by atoms with E-state index in [2.05, 4.69) is 5.10 Å². The van der Waals surface area contributed by atoms with Crippen LogP contribution >= 0.6 is 0 Å². The van der Waals surface area contributed by atoms with Crippen LogP contribution < -0.4 is 0 Å². The van der Waals surface area contributed by atoms with Crippen molar-refractivity contribution in [2.75, 3.05) is 0 Å². The van der Waals surface area contributed by atoms with Gasteiger partial charge in [-0.1, -0.05) is 12.2 Å². The van der Waals surface area contributed by atoms with Crippen LogP contribution in [0.3, 0.4) is 0 Å². The average Bonchev–Trinajstić information content (AvgIpc) is 2.88. The van der Waals surface area contributed by atoms with Crippen molar-refractivity contribution in [2.45, 2.75) is 12.8 Å². The van der Waals surface area contributed by atoms with Gasteiger partial charge in [-0.05, 0) is 30.7 Å². The van der Waals surface area contributed by atoms with Crippen LogP contribution in [0, 0.1) is 33.8 Å². The number of phenolic OH excluding ortho intramolecular Hbond substituents is 1. The molecule has 0 aromatic heterocycles. The molecule has 2 bridgehead atoms. The van der Waals surface area contributed by atoms with E-state index >= 15 is 0 Å². The Kier molecular flexibility index (Phi) is 3.41. The fourth-order valence-corrected chi connectivity index (χ4v) is 4.05. The van der Waals surface area contributed by atoms with Gasteiger partial charge in [-0.3, -0.25) is 19.7 Å². The molecule has 128 valence electrons. The second kappa shape index (κ2) is 5.51. The number of fused-ring (bicyclic) bond motifs is 1. The minimum atomic E-state index is -0.596. The van der Waals surface area contributed by atoms with Gasteiger partial charge in [0.05, 0.1) is 23.0 Å². The highest BCUT2D eigenvalue weighted by molar-refractivity contribution is 6.06. The molecule has 4 aliphatic rings. The third kappa shape index (κ3) is 2.33. The number of amides is 2. The summed E-state index contributed by atoms with van der Waals surface area (Å²) in [6.07, 6.45) is 6.93. The number of aromatic hydroxyl groups is 1. The topological polar surface area (TPSA) is 113 Å². The summed E-state index contributed by atoms with van der Waals surface area (Å²) in [5, 5.41) is 25.4. The Labute approximate surface area is 142 Å². The Balaban J connectivity index is 1.63. The molecular weight excluding hydrogens is 326 g/mol. The molecule has 3 aliphatic carbocycles. The number of nitrogens with zero attached hydrogens (tertiary/aromatic N) is 3. The van der Waals surface area contributed by atoms with Crippen LogP contribution in [-0.2, 0) is 9.59 Å². The molecule has 1 saturated carbocycles. The third-order valence-electron chi connectivity index (χ3n) is 5.27. The van der Waals surface area contributed by atoms with E-state index in [0.717, 1.165) is 36.2 Å². The molecule has 1 aromatic carbocycles. The van der Waals surface area contributed by atoms with Crippen molar-refractivity contribution in [3.8, 4) is 5.75 Å². The predicted octanol–water partition coefficient (Wildman–Crippen LogP) is 1.83. The van der Waals surface area contributed by atoms with Gasteiger partial charge in [-0.2, -0.15) is 10.1 Å². The summed E-state index contributed by atoms with van der Waals surface area (Å²) in [6.45, 7) is 0. The number of non-ortho nitro benzene ring substituents is 1. The monoisotopic (exact) mass is 341 g/mol. The molecule has 1 aliphatic heterocycles. The van der Waals surface area contributed by atoms with E-state index in [-0.39, 0.29) is 52.5 Å². The molecule has 1 heterocycles. The van der Waals surface area contributed by atoms with Gasteiger partial charge in [0.15, 0.2) is 0 Å². The molecule has 0 radical (unpaired) electrons. The molecule has 1 N–H and O–H groups in total. The molecule has 0 spiro atoms. The first-order chi connectivity index (χ1) is 12.0. The van der Waals surface area contributed by atoms with E-state index in [0.29, 0.717) is 0 Å².